The zero-order valence-electron chi connectivity index (χ0n) is 25.9. The van der Waals surface area contributed by atoms with Crippen molar-refractivity contribution < 1.29 is 23.1 Å². The van der Waals surface area contributed by atoms with E-state index < -0.39 is 31.5 Å². The van der Waals surface area contributed by atoms with Crippen molar-refractivity contribution in [3.05, 3.63) is 62.2 Å². The first-order valence-corrected chi connectivity index (χ1v) is 16.9. The Bertz CT molecular complexity index is 1550. The van der Waals surface area contributed by atoms with Crippen molar-refractivity contribution in [2.24, 2.45) is 11.0 Å². The van der Waals surface area contributed by atoms with Gasteiger partial charge in [0.15, 0.2) is 0 Å². The van der Waals surface area contributed by atoms with Crippen LogP contribution in [0.25, 0.3) is 0 Å². The van der Waals surface area contributed by atoms with Gasteiger partial charge in [-0.05, 0) is 64.5 Å². The van der Waals surface area contributed by atoms with E-state index >= 15 is 0 Å². The van der Waals surface area contributed by atoms with Crippen LogP contribution in [-0.2, 0) is 14.8 Å². The molecule has 1 N–H and O–H groups in total. The Labute approximate surface area is 263 Å². The summed E-state index contributed by atoms with van der Waals surface area (Å²) in [5, 5.41) is 27.4. The van der Waals surface area contributed by atoms with Crippen molar-refractivity contribution in [2.75, 3.05) is 43.0 Å². The molecule has 0 unspecified atom stereocenters. The van der Waals surface area contributed by atoms with Gasteiger partial charge in [-0.1, -0.05) is 6.92 Å². The molecular formula is C30H41N7O7S. The average Bonchev–Trinajstić information content (AvgIpc) is 3.05. The van der Waals surface area contributed by atoms with Crippen molar-refractivity contribution in [1.29, 1.82) is 0 Å². The van der Waals surface area contributed by atoms with E-state index in [4.69, 9.17) is 0 Å². The maximum Gasteiger partial charge on any atom is 0.270 e. The average molecular weight is 644 g/mol. The first-order valence-electron chi connectivity index (χ1n) is 15.4. The second-order valence-electron chi connectivity index (χ2n) is 11.3. The molecule has 2 aliphatic heterocycles. The SMILES string of the molecule is CC[C@@H]1CCCCN1c1ccc([N+](=O)[O-])cc1/C=N\Nc1ccc([N+](=O)[O-])cc1S(=O)(=O)N1CCC[C@@H](C(=O)N(CC)CC)C1. The minimum atomic E-state index is -4.28. The fourth-order valence-electron chi connectivity index (χ4n) is 6.16. The summed E-state index contributed by atoms with van der Waals surface area (Å²) in [4.78, 5) is 38.6. The molecule has 0 aliphatic carbocycles. The smallest absolute Gasteiger partial charge is 0.270 e. The molecule has 1 amide bonds. The molecule has 2 heterocycles. The van der Waals surface area contributed by atoms with E-state index in [1.54, 1.807) is 11.0 Å². The number of benzene rings is 2. The number of piperidine rings is 2. The summed E-state index contributed by atoms with van der Waals surface area (Å²) in [5.74, 6) is -0.635. The Morgan fingerprint density at radius 2 is 1.69 bits per heavy atom. The summed E-state index contributed by atoms with van der Waals surface area (Å²) in [6.45, 7) is 7.79. The minimum Gasteiger partial charge on any atom is -0.368 e. The Morgan fingerprint density at radius 3 is 2.36 bits per heavy atom. The van der Waals surface area contributed by atoms with Crippen LogP contribution in [0.4, 0.5) is 22.7 Å². The maximum atomic E-state index is 13.9. The number of rotatable bonds is 12. The van der Waals surface area contributed by atoms with Crippen LogP contribution < -0.4 is 10.3 Å². The molecule has 2 aromatic rings. The predicted octanol–water partition coefficient (Wildman–Crippen LogP) is 4.99. The number of nitro benzene ring substituents is 2. The van der Waals surface area contributed by atoms with Gasteiger partial charge in [0.05, 0.1) is 27.7 Å². The van der Waals surface area contributed by atoms with Gasteiger partial charge in [0.25, 0.3) is 11.4 Å². The zero-order chi connectivity index (χ0) is 32.7. The predicted molar refractivity (Wildman–Crippen MR) is 172 cm³/mol. The van der Waals surface area contributed by atoms with Crippen molar-refractivity contribution >= 4 is 44.9 Å². The molecule has 2 aromatic carbocycles. The van der Waals surface area contributed by atoms with Gasteiger partial charge < -0.3 is 9.80 Å². The van der Waals surface area contributed by atoms with Gasteiger partial charge in [-0.2, -0.15) is 9.41 Å². The number of non-ortho nitro benzene ring substituents is 2. The summed E-state index contributed by atoms with van der Waals surface area (Å²) in [6, 6.07) is 8.31. The molecule has 0 saturated carbocycles. The maximum absolute atomic E-state index is 13.9. The number of nitro groups is 2. The van der Waals surface area contributed by atoms with Crippen LogP contribution >= 0.6 is 0 Å². The van der Waals surface area contributed by atoms with Crippen LogP contribution in [0, 0.1) is 26.1 Å². The number of carbonyl (C=O) groups is 1. The fraction of sp³-hybridized carbons (Fsp3) is 0.533. The lowest BCUT2D eigenvalue weighted by molar-refractivity contribution is -0.385. The van der Waals surface area contributed by atoms with Crippen molar-refractivity contribution in [3.63, 3.8) is 0 Å². The van der Waals surface area contributed by atoms with Gasteiger partial charge in [0.2, 0.25) is 15.9 Å². The quantitative estimate of drug-likeness (QED) is 0.190. The molecule has 14 nitrogen and oxygen atoms in total. The molecule has 0 radical (unpaired) electrons. The number of nitrogens with zero attached hydrogens (tertiary/aromatic N) is 6. The van der Waals surface area contributed by atoms with Gasteiger partial charge in [-0.3, -0.25) is 30.4 Å². The Kier molecular flexibility index (Phi) is 11.1. The zero-order valence-corrected chi connectivity index (χ0v) is 26.7. The number of hydrogen-bond donors (Lipinski definition) is 1. The largest absolute Gasteiger partial charge is 0.368 e. The van der Waals surface area contributed by atoms with Crippen LogP contribution in [0.2, 0.25) is 0 Å². The summed E-state index contributed by atoms with van der Waals surface area (Å²) in [7, 11) is -4.28. The molecular weight excluding hydrogens is 602 g/mol. The Balaban J connectivity index is 1.67. The topological polar surface area (TPSA) is 172 Å². The molecule has 0 spiro atoms. The van der Waals surface area contributed by atoms with E-state index in [1.165, 1.54) is 34.8 Å². The number of anilines is 2. The highest BCUT2D eigenvalue weighted by atomic mass is 32.2. The number of hydrazone groups is 1. The van der Waals surface area contributed by atoms with Gasteiger partial charge in [0.1, 0.15) is 4.90 Å². The summed E-state index contributed by atoms with van der Waals surface area (Å²) in [5.41, 5.74) is 3.48. The summed E-state index contributed by atoms with van der Waals surface area (Å²) < 4.78 is 29.1. The van der Waals surface area contributed by atoms with Gasteiger partial charge in [-0.25, -0.2) is 8.42 Å². The second-order valence-corrected chi connectivity index (χ2v) is 13.2. The third kappa shape index (κ3) is 7.59. The Hall–Kier alpha value is -4.11. The number of amides is 1. The first-order chi connectivity index (χ1) is 21.5. The van der Waals surface area contributed by atoms with Crippen LogP contribution in [0.5, 0.6) is 0 Å². The van der Waals surface area contributed by atoms with E-state index in [0.29, 0.717) is 31.5 Å². The van der Waals surface area contributed by atoms with Crippen LogP contribution in [-0.4, -0.2) is 78.4 Å². The molecule has 2 aliphatic rings. The molecule has 0 bridgehead atoms. The number of sulfonamides is 1. The molecule has 2 saturated heterocycles. The van der Waals surface area contributed by atoms with Crippen LogP contribution in [0.3, 0.4) is 0 Å². The highest BCUT2D eigenvalue weighted by molar-refractivity contribution is 7.89. The van der Waals surface area contributed by atoms with E-state index in [0.717, 1.165) is 44.0 Å². The van der Waals surface area contributed by atoms with Gasteiger partial charge in [-0.15, -0.1) is 0 Å². The lowest BCUT2D eigenvalue weighted by Crippen LogP contribution is -2.46. The summed E-state index contributed by atoms with van der Waals surface area (Å²) in [6.07, 6.45) is 6.43. The van der Waals surface area contributed by atoms with Gasteiger partial charge >= 0.3 is 0 Å². The van der Waals surface area contributed by atoms with Crippen LogP contribution in [0.1, 0.15) is 64.9 Å². The number of carbonyl (C=O) groups excluding carboxylic acids is 1. The van der Waals surface area contributed by atoms with E-state index in [1.807, 2.05) is 13.8 Å². The summed E-state index contributed by atoms with van der Waals surface area (Å²) >= 11 is 0. The minimum absolute atomic E-state index is 0.00503. The van der Waals surface area contributed by atoms with Crippen molar-refractivity contribution in [1.82, 2.24) is 9.21 Å². The third-order valence-electron chi connectivity index (χ3n) is 8.62. The number of nitrogens with one attached hydrogen (secondary N) is 1. The lowest BCUT2D eigenvalue weighted by Gasteiger charge is -2.38. The molecule has 4 rings (SSSR count). The van der Waals surface area contributed by atoms with Gasteiger partial charge in [0, 0.05) is 74.3 Å². The van der Waals surface area contributed by atoms with E-state index in [9.17, 15) is 33.4 Å². The Morgan fingerprint density at radius 1 is 1.00 bits per heavy atom. The molecule has 45 heavy (non-hydrogen) atoms. The van der Waals surface area contributed by atoms with E-state index in [2.05, 4.69) is 22.4 Å². The highest BCUT2D eigenvalue weighted by Crippen LogP contribution is 2.33. The van der Waals surface area contributed by atoms with Crippen molar-refractivity contribution in [2.45, 2.75) is 70.2 Å². The standard InChI is InChI=1S/C30H41N7O7S/c1-4-24-11-7-8-17-35(24)28-15-13-25(36(39)40)18-23(28)20-31-32-27-14-12-26(37(41)42)19-29(27)45(43,44)34-16-9-10-22(21-34)30(38)33(5-2)6-3/h12-15,18-20,22,24,32H,4-11,16-17,21H2,1-3H3/b31-20-/t22-,24-/m1/s1. The highest BCUT2D eigenvalue weighted by Gasteiger charge is 2.36. The molecule has 2 atom stereocenters. The van der Waals surface area contributed by atoms with Crippen molar-refractivity contribution in [3.8, 4) is 0 Å². The van der Waals surface area contributed by atoms with Crippen LogP contribution in [0.15, 0.2) is 46.4 Å². The lowest BCUT2D eigenvalue weighted by atomic mass is 9.98. The third-order valence-corrected chi connectivity index (χ3v) is 10.5. The fourth-order valence-corrected chi connectivity index (χ4v) is 7.84. The molecule has 2 fully saturated rings. The second kappa shape index (κ2) is 14.8. The molecule has 244 valence electrons. The monoisotopic (exact) mass is 643 g/mol. The first kappa shape index (κ1) is 33.8. The normalized spacial score (nSPS) is 19.4. The molecule has 15 heteroatoms. The molecule has 0 aromatic heterocycles. The van der Waals surface area contributed by atoms with E-state index in [-0.39, 0.29) is 41.3 Å². The number of hydrogen-bond acceptors (Lipinski definition) is 10.